The molecule has 0 aliphatic carbocycles. The van der Waals surface area contributed by atoms with Crippen molar-refractivity contribution in [3.8, 4) is 0 Å². The van der Waals surface area contributed by atoms with Crippen LogP contribution in [0.25, 0.3) is 5.65 Å². The van der Waals surface area contributed by atoms with Crippen LogP contribution in [0.5, 0.6) is 0 Å². The summed E-state index contributed by atoms with van der Waals surface area (Å²) in [5.74, 6) is -0.666. The standard InChI is InChI=1S/C15H17N3O3/c19-14(20)9-11-4-7-17(8-5-11)15(21)12-10-18-6-2-1-3-13(18)16-12/h1-3,6,10-11H,4-5,7-9H2,(H,19,20). The van der Waals surface area contributed by atoms with Gasteiger partial charge in [-0.25, -0.2) is 4.98 Å². The molecule has 0 bridgehead atoms. The van der Waals surface area contributed by atoms with Crippen LogP contribution < -0.4 is 0 Å². The molecule has 6 nitrogen and oxygen atoms in total. The van der Waals surface area contributed by atoms with E-state index in [2.05, 4.69) is 4.98 Å². The van der Waals surface area contributed by atoms with Crippen molar-refractivity contribution in [2.24, 2.45) is 5.92 Å². The average molecular weight is 287 g/mol. The van der Waals surface area contributed by atoms with E-state index in [1.165, 1.54) is 0 Å². The van der Waals surface area contributed by atoms with Crippen LogP contribution in [0.2, 0.25) is 0 Å². The molecule has 0 spiro atoms. The molecule has 1 aliphatic rings. The third-order valence-corrected chi connectivity index (χ3v) is 3.95. The zero-order chi connectivity index (χ0) is 14.8. The molecule has 1 saturated heterocycles. The Hall–Kier alpha value is -2.37. The Morgan fingerprint density at radius 1 is 1.29 bits per heavy atom. The van der Waals surface area contributed by atoms with Crippen LogP contribution in [0.3, 0.4) is 0 Å². The van der Waals surface area contributed by atoms with Crippen molar-refractivity contribution < 1.29 is 14.7 Å². The highest BCUT2D eigenvalue weighted by Gasteiger charge is 2.26. The van der Waals surface area contributed by atoms with Gasteiger partial charge in [0.25, 0.3) is 5.91 Å². The van der Waals surface area contributed by atoms with E-state index in [4.69, 9.17) is 5.11 Å². The fraction of sp³-hybridized carbons (Fsp3) is 0.400. The predicted octanol–water partition coefficient (Wildman–Crippen LogP) is 1.66. The summed E-state index contributed by atoms with van der Waals surface area (Å²) >= 11 is 0. The van der Waals surface area contributed by atoms with E-state index in [9.17, 15) is 9.59 Å². The lowest BCUT2D eigenvalue weighted by molar-refractivity contribution is -0.138. The fourth-order valence-electron chi connectivity index (χ4n) is 2.79. The van der Waals surface area contributed by atoms with E-state index < -0.39 is 5.97 Å². The van der Waals surface area contributed by atoms with E-state index in [-0.39, 0.29) is 18.2 Å². The minimum Gasteiger partial charge on any atom is -0.481 e. The number of carboxylic acid groups (broad SMARTS) is 1. The topological polar surface area (TPSA) is 74.9 Å². The van der Waals surface area contributed by atoms with Crippen molar-refractivity contribution in [2.75, 3.05) is 13.1 Å². The summed E-state index contributed by atoms with van der Waals surface area (Å²) in [6.45, 7) is 1.20. The Morgan fingerprint density at radius 3 is 2.71 bits per heavy atom. The Labute approximate surface area is 122 Å². The number of piperidine rings is 1. The zero-order valence-corrected chi connectivity index (χ0v) is 11.6. The number of carbonyl (C=O) groups excluding carboxylic acids is 1. The van der Waals surface area contributed by atoms with E-state index in [0.717, 1.165) is 18.5 Å². The largest absolute Gasteiger partial charge is 0.481 e. The molecule has 21 heavy (non-hydrogen) atoms. The summed E-state index contributed by atoms with van der Waals surface area (Å²) in [4.78, 5) is 29.2. The molecular formula is C15H17N3O3. The Bertz CT molecular complexity index is 639. The zero-order valence-electron chi connectivity index (χ0n) is 11.6. The van der Waals surface area contributed by atoms with Gasteiger partial charge in [-0.3, -0.25) is 9.59 Å². The number of likely N-dealkylation sites (tertiary alicyclic amines) is 1. The van der Waals surface area contributed by atoms with E-state index >= 15 is 0 Å². The molecule has 3 heterocycles. The average Bonchev–Trinajstić information content (AvgIpc) is 2.90. The van der Waals surface area contributed by atoms with Crippen LogP contribution in [-0.4, -0.2) is 44.4 Å². The Morgan fingerprint density at radius 2 is 2.05 bits per heavy atom. The van der Waals surface area contributed by atoms with Gasteiger partial charge in [-0.05, 0) is 30.9 Å². The smallest absolute Gasteiger partial charge is 0.303 e. The van der Waals surface area contributed by atoms with Gasteiger partial charge in [-0.15, -0.1) is 0 Å². The second kappa shape index (κ2) is 5.55. The van der Waals surface area contributed by atoms with Crippen LogP contribution in [0.4, 0.5) is 0 Å². The molecule has 1 aliphatic heterocycles. The van der Waals surface area contributed by atoms with Crippen LogP contribution in [0.1, 0.15) is 29.8 Å². The number of fused-ring (bicyclic) bond motifs is 1. The molecular weight excluding hydrogens is 270 g/mol. The molecule has 1 N–H and O–H groups in total. The lowest BCUT2D eigenvalue weighted by Gasteiger charge is -2.30. The van der Waals surface area contributed by atoms with Crippen molar-refractivity contribution in [3.05, 3.63) is 36.3 Å². The van der Waals surface area contributed by atoms with Crippen LogP contribution in [0, 0.1) is 5.92 Å². The van der Waals surface area contributed by atoms with Crippen molar-refractivity contribution in [2.45, 2.75) is 19.3 Å². The minimum atomic E-state index is -0.764. The maximum atomic E-state index is 12.4. The number of carboxylic acids is 1. The summed E-state index contributed by atoms with van der Waals surface area (Å²) < 4.78 is 1.82. The van der Waals surface area contributed by atoms with Crippen LogP contribution in [0.15, 0.2) is 30.6 Å². The molecule has 0 atom stereocenters. The summed E-state index contributed by atoms with van der Waals surface area (Å²) in [5.41, 5.74) is 1.19. The van der Waals surface area contributed by atoms with Crippen LogP contribution >= 0.6 is 0 Å². The SMILES string of the molecule is O=C(O)CC1CCN(C(=O)c2cn3ccccc3n2)CC1. The third kappa shape index (κ3) is 2.89. The second-order valence-electron chi connectivity index (χ2n) is 5.43. The van der Waals surface area contributed by atoms with E-state index in [1.807, 2.05) is 28.8 Å². The first kappa shape index (κ1) is 13.6. The molecule has 2 aromatic heterocycles. The summed E-state index contributed by atoms with van der Waals surface area (Å²) in [7, 11) is 0. The summed E-state index contributed by atoms with van der Waals surface area (Å²) in [5, 5.41) is 8.81. The lowest BCUT2D eigenvalue weighted by Crippen LogP contribution is -2.39. The highest BCUT2D eigenvalue weighted by molar-refractivity contribution is 5.93. The summed E-state index contributed by atoms with van der Waals surface area (Å²) in [6.07, 6.45) is 5.27. The van der Waals surface area contributed by atoms with Gasteiger partial charge in [0.05, 0.1) is 0 Å². The highest BCUT2D eigenvalue weighted by Crippen LogP contribution is 2.21. The Kier molecular flexibility index (Phi) is 3.60. The van der Waals surface area contributed by atoms with Gasteiger partial charge < -0.3 is 14.4 Å². The van der Waals surface area contributed by atoms with Gasteiger partial charge in [-0.2, -0.15) is 0 Å². The first-order chi connectivity index (χ1) is 10.1. The molecule has 6 heteroatoms. The Balaban J connectivity index is 1.67. The molecule has 0 aromatic carbocycles. The van der Waals surface area contributed by atoms with E-state index in [1.54, 1.807) is 11.1 Å². The molecule has 2 aromatic rings. The van der Waals surface area contributed by atoms with Crippen molar-refractivity contribution in [1.82, 2.24) is 14.3 Å². The monoisotopic (exact) mass is 287 g/mol. The number of pyridine rings is 1. The molecule has 1 amide bonds. The number of rotatable bonds is 3. The number of hydrogen-bond donors (Lipinski definition) is 1. The quantitative estimate of drug-likeness (QED) is 0.931. The first-order valence-electron chi connectivity index (χ1n) is 7.08. The third-order valence-electron chi connectivity index (χ3n) is 3.95. The fourth-order valence-corrected chi connectivity index (χ4v) is 2.79. The predicted molar refractivity (Wildman–Crippen MR) is 76.1 cm³/mol. The molecule has 0 saturated carbocycles. The highest BCUT2D eigenvalue weighted by atomic mass is 16.4. The van der Waals surface area contributed by atoms with Gasteiger partial charge in [0.15, 0.2) is 0 Å². The number of aromatic nitrogens is 2. The molecule has 110 valence electrons. The number of hydrogen-bond acceptors (Lipinski definition) is 3. The molecule has 0 radical (unpaired) electrons. The minimum absolute atomic E-state index is 0.0764. The normalized spacial score (nSPS) is 16.3. The number of amides is 1. The lowest BCUT2D eigenvalue weighted by atomic mass is 9.93. The molecule has 1 fully saturated rings. The van der Waals surface area contributed by atoms with Gasteiger partial charge in [0, 0.05) is 31.9 Å². The van der Waals surface area contributed by atoms with E-state index in [0.29, 0.717) is 18.8 Å². The van der Waals surface area contributed by atoms with Gasteiger partial charge in [-0.1, -0.05) is 6.07 Å². The van der Waals surface area contributed by atoms with Gasteiger partial charge in [0.1, 0.15) is 11.3 Å². The van der Waals surface area contributed by atoms with Crippen LogP contribution in [-0.2, 0) is 4.79 Å². The number of imidazole rings is 1. The molecule has 3 rings (SSSR count). The van der Waals surface area contributed by atoms with Gasteiger partial charge >= 0.3 is 5.97 Å². The van der Waals surface area contributed by atoms with Gasteiger partial charge in [0.2, 0.25) is 0 Å². The summed E-state index contributed by atoms with van der Waals surface area (Å²) in [6, 6.07) is 5.63. The van der Waals surface area contributed by atoms with Crippen molar-refractivity contribution in [3.63, 3.8) is 0 Å². The maximum Gasteiger partial charge on any atom is 0.303 e. The first-order valence-corrected chi connectivity index (χ1v) is 7.08. The molecule has 0 unspecified atom stereocenters. The number of nitrogens with zero attached hydrogens (tertiary/aromatic N) is 3. The van der Waals surface area contributed by atoms with Crippen molar-refractivity contribution in [1.29, 1.82) is 0 Å². The number of carbonyl (C=O) groups is 2. The second-order valence-corrected chi connectivity index (χ2v) is 5.43. The number of aliphatic carboxylic acids is 1. The maximum absolute atomic E-state index is 12.4. The van der Waals surface area contributed by atoms with Crippen molar-refractivity contribution >= 4 is 17.5 Å².